The number of hydrogen-bond donors (Lipinski definition) is 1. The van der Waals surface area contributed by atoms with E-state index in [1.165, 1.54) is 12.1 Å². The smallest absolute Gasteiger partial charge is 0.257 e. The molecule has 0 unspecified atom stereocenters. The maximum absolute atomic E-state index is 14.2. The number of rotatable bonds is 2. The van der Waals surface area contributed by atoms with Gasteiger partial charge in [0.2, 0.25) is 0 Å². The summed E-state index contributed by atoms with van der Waals surface area (Å²) in [5.74, 6) is -0.502. The van der Waals surface area contributed by atoms with Crippen LogP contribution in [0.5, 0.6) is 0 Å². The molecule has 0 atom stereocenters. The van der Waals surface area contributed by atoms with Gasteiger partial charge in [0.15, 0.2) is 0 Å². The molecule has 0 amide bonds. The number of fused-ring (bicyclic) bond motifs is 1. The molecular formula is C16H12FN3O3. The minimum Gasteiger partial charge on any atom is -0.288 e. The highest BCUT2D eigenvalue weighted by Crippen LogP contribution is 2.20. The van der Waals surface area contributed by atoms with Gasteiger partial charge in [-0.15, -0.1) is 0 Å². The van der Waals surface area contributed by atoms with Gasteiger partial charge in [0.1, 0.15) is 11.5 Å². The quantitative estimate of drug-likeness (QED) is 0.672. The van der Waals surface area contributed by atoms with Crippen LogP contribution in [0, 0.1) is 15.9 Å². The van der Waals surface area contributed by atoms with Gasteiger partial charge in [-0.1, -0.05) is 30.3 Å². The predicted molar refractivity (Wildman–Crippen MR) is 79.7 cm³/mol. The molecule has 23 heavy (non-hydrogen) atoms. The predicted octanol–water partition coefficient (Wildman–Crippen LogP) is 1.42. The van der Waals surface area contributed by atoms with Crippen molar-refractivity contribution in [3.05, 3.63) is 92.5 Å². The molecule has 0 spiro atoms. The SMILES string of the molecule is O=[N+]([O-])C=C1CN(O)C(c2ccccc2F)=c2ccccc2=N1. The average Bonchev–Trinajstić information content (AvgIpc) is 2.63. The molecular weight excluding hydrogens is 301 g/mol. The number of nitrogens with zero attached hydrogens (tertiary/aromatic N) is 3. The van der Waals surface area contributed by atoms with Crippen molar-refractivity contribution in [2.75, 3.05) is 6.54 Å². The molecule has 0 aromatic heterocycles. The molecule has 6 nitrogen and oxygen atoms in total. The van der Waals surface area contributed by atoms with E-state index < -0.39 is 10.7 Å². The van der Waals surface area contributed by atoms with E-state index in [4.69, 9.17) is 0 Å². The van der Waals surface area contributed by atoms with Crippen molar-refractivity contribution >= 4 is 5.70 Å². The van der Waals surface area contributed by atoms with Gasteiger partial charge in [-0.05, 0) is 18.2 Å². The molecule has 0 bridgehead atoms. The molecule has 7 heteroatoms. The van der Waals surface area contributed by atoms with Crippen LogP contribution in [0.1, 0.15) is 5.56 Å². The lowest BCUT2D eigenvalue weighted by molar-refractivity contribution is -0.403. The minimum atomic E-state index is -0.636. The number of nitro groups is 1. The summed E-state index contributed by atoms with van der Waals surface area (Å²) in [6.45, 7) is -0.223. The summed E-state index contributed by atoms with van der Waals surface area (Å²) in [6.07, 6.45) is 0.726. The topological polar surface area (TPSA) is 79.0 Å². The van der Waals surface area contributed by atoms with E-state index in [2.05, 4.69) is 4.99 Å². The van der Waals surface area contributed by atoms with Crippen molar-refractivity contribution in [3.63, 3.8) is 0 Å². The van der Waals surface area contributed by atoms with Crippen LogP contribution in [0.3, 0.4) is 0 Å². The largest absolute Gasteiger partial charge is 0.288 e. The van der Waals surface area contributed by atoms with E-state index in [9.17, 15) is 19.7 Å². The summed E-state index contributed by atoms with van der Waals surface area (Å²) < 4.78 is 14.2. The molecule has 1 N–H and O–H groups in total. The molecule has 1 aliphatic heterocycles. The molecule has 0 saturated heterocycles. The first-order chi connectivity index (χ1) is 11.1. The Morgan fingerprint density at radius 3 is 2.65 bits per heavy atom. The fraction of sp³-hybridized carbons (Fsp3) is 0.0625. The summed E-state index contributed by atoms with van der Waals surface area (Å²) in [6, 6.07) is 12.8. The zero-order valence-electron chi connectivity index (χ0n) is 11.9. The van der Waals surface area contributed by atoms with Gasteiger partial charge in [-0.25, -0.2) is 14.4 Å². The van der Waals surface area contributed by atoms with E-state index in [0.29, 0.717) is 10.6 Å². The zero-order chi connectivity index (χ0) is 16.4. The molecule has 3 rings (SSSR count). The van der Waals surface area contributed by atoms with Crippen molar-refractivity contribution in [2.24, 2.45) is 4.99 Å². The lowest BCUT2D eigenvalue weighted by Crippen LogP contribution is -2.31. The molecule has 0 aliphatic carbocycles. The highest BCUT2D eigenvalue weighted by Gasteiger charge is 2.20. The molecule has 2 aromatic carbocycles. The van der Waals surface area contributed by atoms with Gasteiger partial charge < -0.3 is 0 Å². The van der Waals surface area contributed by atoms with Gasteiger partial charge in [0.25, 0.3) is 6.20 Å². The van der Waals surface area contributed by atoms with Gasteiger partial charge >= 0.3 is 0 Å². The van der Waals surface area contributed by atoms with Crippen molar-refractivity contribution in [3.8, 4) is 0 Å². The second kappa shape index (κ2) is 5.98. The first-order valence-electron chi connectivity index (χ1n) is 6.80. The fourth-order valence-electron chi connectivity index (χ4n) is 2.46. The first kappa shape index (κ1) is 14.9. The lowest BCUT2D eigenvalue weighted by atomic mass is 10.1. The molecule has 116 valence electrons. The summed E-state index contributed by atoms with van der Waals surface area (Å²) in [7, 11) is 0. The molecule has 2 aromatic rings. The Hall–Kier alpha value is -3.06. The first-order valence-corrected chi connectivity index (χ1v) is 6.80. The van der Waals surface area contributed by atoms with Crippen LogP contribution < -0.4 is 10.6 Å². The highest BCUT2D eigenvalue weighted by atomic mass is 19.1. The van der Waals surface area contributed by atoms with Crippen LogP contribution in [-0.2, 0) is 0 Å². The third kappa shape index (κ3) is 2.95. The van der Waals surface area contributed by atoms with Crippen LogP contribution in [0.25, 0.3) is 5.70 Å². The van der Waals surface area contributed by atoms with Crippen LogP contribution in [0.2, 0.25) is 0 Å². The van der Waals surface area contributed by atoms with E-state index >= 15 is 0 Å². The Morgan fingerprint density at radius 2 is 1.91 bits per heavy atom. The Bertz CT molecular complexity index is 924. The number of hydroxylamine groups is 2. The summed E-state index contributed by atoms with van der Waals surface area (Å²) in [5.41, 5.74) is 0.477. The Labute approximate surface area is 130 Å². The van der Waals surface area contributed by atoms with Crippen molar-refractivity contribution < 1.29 is 14.5 Å². The van der Waals surface area contributed by atoms with Crippen LogP contribution in [0.4, 0.5) is 4.39 Å². The van der Waals surface area contributed by atoms with Crippen molar-refractivity contribution in [1.29, 1.82) is 0 Å². The second-order valence-corrected chi connectivity index (χ2v) is 4.92. The van der Waals surface area contributed by atoms with E-state index in [-0.39, 0.29) is 23.5 Å². The van der Waals surface area contributed by atoms with Gasteiger partial charge in [0.05, 0.1) is 22.5 Å². The monoisotopic (exact) mass is 313 g/mol. The van der Waals surface area contributed by atoms with E-state index in [1.54, 1.807) is 36.4 Å². The molecule has 0 saturated carbocycles. The van der Waals surface area contributed by atoms with Crippen molar-refractivity contribution in [2.45, 2.75) is 0 Å². The van der Waals surface area contributed by atoms with E-state index in [0.717, 1.165) is 11.3 Å². The van der Waals surface area contributed by atoms with Crippen LogP contribution >= 0.6 is 0 Å². The maximum Gasteiger partial charge on any atom is 0.257 e. The number of benzene rings is 2. The normalized spacial score (nSPS) is 15.8. The fourth-order valence-corrected chi connectivity index (χ4v) is 2.46. The minimum absolute atomic E-state index is 0.0660. The van der Waals surface area contributed by atoms with Crippen LogP contribution in [0.15, 0.2) is 65.4 Å². The van der Waals surface area contributed by atoms with Gasteiger partial charge in [0, 0.05) is 10.8 Å². The molecule has 1 heterocycles. The standard InChI is InChI=1S/C16H12FN3O3/c17-14-7-3-1-5-12(14)16-13-6-2-4-8-15(13)18-11(9-19(16)21)10-20(22)23/h1-8,10,21H,9H2. The average molecular weight is 313 g/mol. The summed E-state index contributed by atoms with van der Waals surface area (Å²) >= 11 is 0. The highest BCUT2D eigenvalue weighted by molar-refractivity contribution is 5.64. The maximum atomic E-state index is 14.2. The zero-order valence-corrected chi connectivity index (χ0v) is 11.9. The molecule has 1 aliphatic rings. The number of hydrogen-bond acceptors (Lipinski definition) is 5. The molecule has 0 radical (unpaired) electrons. The number of para-hydroxylation sites is 1. The lowest BCUT2D eigenvalue weighted by Gasteiger charge is -2.19. The summed E-state index contributed by atoms with van der Waals surface area (Å²) in [5, 5.41) is 22.8. The van der Waals surface area contributed by atoms with Gasteiger partial charge in [-0.2, -0.15) is 0 Å². The molecule has 0 fully saturated rings. The Kier molecular flexibility index (Phi) is 3.86. The van der Waals surface area contributed by atoms with Gasteiger partial charge in [-0.3, -0.25) is 15.3 Å². The third-order valence-electron chi connectivity index (χ3n) is 3.38. The summed E-state index contributed by atoms with van der Waals surface area (Å²) in [4.78, 5) is 14.3. The Balaban J connectivity index is 2.36. The number of halogens is 1. The van der Waals surface area contributed by atoms with E-state index in [1.807, 2.05) is 0 Å². The third-order valence-corrected chi connectivity index (χ3v) is 3.38. The Morgan fingerprint density at radius 1 is 1.22 bits per heavy atom. The van der Waals surface area contributed by atoms with Crippen LogP contribution in [-0.4, -0.2) is 21.7 Å². The second-order valence-electron chi connectivity index (χ2n) is 4.92. The van der Waals surface area contributed by atoms with Crippen molar-refractivity contribution in [1.82, 2.24) is 5.06 Å².